The number of unbranched alkanes of at least 4 members (excludes halogenated alkanes) is 2. The Bertz CT molecular complexity index is 648. The zero-order valence-electron chi connectivity index (χ0n) is 17.9. The Morgan fingerprint density at radius 3 is 1.89 bits per heavy atom. The van der Waals surface area contributed by atoms with Crippen molar-refractivity contribution < 1.29 is 0 Å². The standard InChI is InChI=1S/C25H38Si2/c1-5-6-9-18-25-22(21-26(2,3)4)19-20-27(25,23-14-10-7-11-15-23)24-16-12-8-13-17-24/h7-8,10-17,22,25H,5-6,9,18-21H2,1-4H3/t22-,25-/m1/s1. The van der Waals surface area contributed by atoms with Gasteiger partial charge < -0.3 is 0 Å². The molecule has 2 aromatic carbocycles. The van der Waals surface area contributed by atoms with Crippen LogP contribution in [0.2, 0.25) is 37.3 Å². The third-order valence-corrected chi connectivity index (χ3v) is 14.3. The van der Waals surface area contributed by atoms with Crippen LogP contribution in [0.1, 0.15) is 39.0 Å². The first-order valence-corrected chi connectivity index (χ1v) is 17.1. The summed E-state index contributed by atoms with van der Waals surface area (Å²) in [4.78, 5) is 0. The molecule has 1 saturated heterocycles. The SMILES string of the molecule is CCCCC[C@@H]1[C@@H](C[Si](C)(C)C)CC[Si]1(c1ccccc1)c1ccccc1. The Kier molecular flexibility index (Phi) is 6.80. The van der Waals surface area contributed by atoms with Crippen LogP contribution in [0.25, 0.3) is 0 Å². The molecule has 0 saturated carbocycles. The Morgan fingerprint density at radius 2 is 1.41 bits per heavy atom. The first-order valence-electron chi connectivity index (χ1n) is 11.1. The topological polar surface area (TPSA) is 0 Å². The molecule has 0 aromatic heterocycles. The highest BCUT2D eigenvalue weighted by Crippen LogP contribution is 2.50. The lowest BCUT2D eigenvalue weighted by Gasteiger charge is -2.38. The van der Waals surface area contributed by atoms with Crippen molar-refractivity contribution in [1.29, 1.82) is 0 Å². The quantitative estimate of drug-likeness (QED) is 0.351. The Balaban J connectivity index is 2.06. The van der Waals surface area contributed by atoms with E-state index in [0.29, 0.717) is 0 Å². The third-order valence-electron chi connectivity index (χ3n) is 6.68. The van der Waals surface area contributed by atoms with Crippen LogP contribution in [0.15, 0.2) is 60.7 Å². The van der Waals surface area contributed by atoms with Crippen molar-refractivity contribution in [2.24, 2.45) is 5.92 Å². The van der Waals surface area contributed by atoms with Gasteiger partial charge in [-0.25, -0.2) is 0 Å². The third kappa shape index (κ3) is 4.66. The molecule has 2 aromatic rings. The molecular formula is C25H38Si2. The van der Waals surface area contributed by atoms with Crippen LogP contribution in [0.4, 0.5) is 0 Å². The second kappa shape index (κ2) is 8.92. The molecule has 0 N–H and O–H groups in total. The average molecular weight is 395 g/mol. The Hall–Kier alpha value is -1.13. The van der Waals surface area contributed by atoms with Crippen molar-refractivity contribution in [1.82, 2.24) is 0 Å². The molecule has 0 aliphatic carbocycles. The fraction of sp³-hybridized carbons (Fsp3) is 0.520. The van der Waals surface area contributed by atoms with Crippen LogP contribution in [-0.2, 0) is 0 Å². The van der Waals surface area contributed by atoms with E-state index >= 15 is 0 Å². The molecule has 0 unspecified atom stereocenters. The summed E-state index contributed by atoms with van der Waals surface area (Å²) < 4.78 is 0. The van der Waals surface area contributed by atoms with E-state index in [1.165, 1.54) is 44.2 Å². The van der Waals surface area contributed by atoms with Gasteiger partial charge in [-0.05, 0) is 17.5 Å². The summed E-state index contributed by atoms with van der Waals surface area (Å²) in [6, 6.07) is 26.3. The van der Waals surface area contributed by atoms with Crippen molar-refractivity contribution >= 4 is 26.5 Å². The molecule has 1 aliphatic heterocycles. The lowest BCUT2D eigenvalue weighted by molar-refractivity contribution is 0.495. The summed E-state index contributed by atoms with van der Waals surface area (Å²) in [6.45, 7) is 10.1. The molecule has 0 spiro atoms. The number of hydrogen-bond donors (Lipinski definition) is 0. The van der Waals surface area contributed by atoms with Crippen LogP contribution < -0.4 is 10.4 Å². The molecule has 0 nitrogen and oxygen atoms in total. The van der Waals surface area contributed by atoms with Gasteiger partial charge >= 0.3 is 0 Å². The minimum Gasteiger partial charge on any atom is -0.0695 e. The molecule has 1 heterocycles. The van der Waals surface area contributed by atoms with Gasteiger partial charge in [-0.2, -0.15) is 0 Å². The minimum atomic E-state index is -1.70. The first-order chi connectivity index (χ1) is 13.0. The summed E-state index contributed by atoms with van der Waals surface area (Å²) in [5.41, 5.74) is 0.917. The normalized spacial score (nSPS) is 22.1. The van der Waals surface area contributed by atoms with Gasteiger partial charge in [-0.1, -0.05) is 136 Å². The predicted molar refractivity (Wildman–Crippen MR) is 127 cm³/mol. The Labute approximate surface area is 169 Å². The number of hydrogen-bond acceptors (Lipinski definition) is 0. The molecule has 0 bridgehead atoms. The monoisotopic (exact) mass is 394 g/mol. The summed E-state index contributed by atoms with van der Waals surface area (Å²) in [5.74, 6) is 0.945. The number of benzene rings is 2. The predicted octanol–water partition coefficient (Wildman–Crippen LogP) is 6.56. The van der Waals surface area contributed by atoms with Gasteiger partial charge in [0.1, 0.15) is 8.07 Å². The molecule has 0 amide bonds. The van der Waals surface area contributed by atoms with E-state index in [9.17, 15) is 0 Å². The second-order valence-electron chi connectivity index (χ2n) is 9.87. The second-order valence-corrected chi connectivity index (χ2v) is 19.7. The minimum absolute atomic E-state index is 0.917. The summed E-state index contributed by atoms with van der Waals surface area (Å²) in [5, 5.41) is 3.38. The molecule has 0 radical (unpaired) electrons. The van der Waals surface area contributed by atoms with E-state index in [4.69, 9.17) is 0 Å². The van der Waals surface area contributed by atoms with Crippen molar-refractivity contribution in [3.05, 3.63) is 60.7 Å². The zero-order valence-corrected chi connectivity index (χ0v) is 19.9. The highest BCUT2D eigenvalue weighted by Gasteiger charge is 2.52. The van der Waals surface area contributed by atoms with E-state index in [2.05, 4.69) is 87.2 Å². The lowest BCUT2D eigenvalue weighted by Crippen LogP contribution is -2.59. The highest BCUT2D eigenvalue weighted by atomic mass is 28.3. The van der Waals surface area contributed by atoms with Crippen molar-refractivity contribution in [2.75, 3.05) is 0 Å². The van der Waals surface area contributed by atoms with Crippen molar-refractivity contribution in [2.45, 2.75) is 76.3 Å². The number of rotatable bonds is 8. The van der Waals surface area contributed by atoms with Gasteiger partial charge in [0.05, 0.1) is 0 Å². The maximum absolute atomic E-state index is 2.57. The molecule has 2 heteroatoms. The molecule has 3 rings (SSSR count). The van der Waals surface area contributed by atoms with Gasteiger partial charge in [0.15, 0.2) is 0 Å². The molecule has 146 valence electrons. The van der Waals surface area contributed by atoms with Crippen LogP contribution in [0, 0.1) is 5.92 Å². The first kappa shape index (κ1) is 20.6. The van der Waals surface area contributed by atoms with E-state index < -0.39 is 16.1 Å². The van der Waals surface area contributed by atoms with Crippen LogP contribution >= 0.6 is 0 Å². The average Bonchev–Trinajstić information content (AvgIpc) is 3.01. The van der Waals surface area contributed by atoms with E-state index in [1.807, 2.05) is 0 Å². The molecule has 1 aliphatic rings. The van der Waals surface area contributed by atoms with Crippen LogP contribution in [-0.4, -0.2) is 16.1 Å². The zero-order chi connectivity index (χ0) is 19.3. The van der Waals surface area contributed by atoms with Gasteiger partial charge in [-0.3, -0.25) is 0 Å². The lowest BCUT2D eigenvalue weighted by atomic mass is 10.00. The van der Waals surface area contributed by atoms with Gasteiger partial charge in [0.25, 0.3) is 0 Å². The van der Waals surface area contributed by atoms with Crippen LogP contribution in [0.3, 0.4) is 0 Å². The fourth-order valence-electron chi connectivity index (χ4n) is 5.68. The highest BCUT2D eigenvalue weighted by molar-refractivity contribution is 7.03. The molecule has 1 fully saturated rings. The maximum Gasteiger partial charge on any atom is 0.121 e. The van der Waals surface area contributed by atoms with Gasteiger partial charge in [-0.15, -0.1) is 0 Å². The molecule has 2 atom stereocenters. The summed E-state index contributed by atoms with van der Waals surface area (Å²) >= 11 is 0. The van der Waals surface area contributed by atoms with Crippen molar-refractivity contribution in [3.8, 4) is 0 Å². The largest absolute Gasteiger partial charge is 0.121 e. The molecular weight excluding hydrogens is 356 g/mol. The molecule has 27 heavy (non-hydrogen) atoms. The van der Waals surface area contributed by atoms with E-state index in [-0.39, 0.29) is 0 Å². The fourth-order valence-corrected chi connectivity index (χ4v) is 14.3. The summed E-state index contributed by atoms with van der Waals surface area (Å²) in [6.07, 6.45) is 7.04. The van der Waals surface area contributed by atoms with E-state index in [0.717, 1.165) is 11.5 Å². The van der Waals surface area contributed by atoms with Crippen LogP contribution in [0.5, 0.6) is 0 Å². The Morgan fingerprint density at radius 1 is 0.852 bits per heavy atom. The van der Waals surface area contributed by atoms with Gasteiger partial charge in [0.2, 0.25) is 0 Å². The smallest absolute Gasteiger partial charge is 0.0695 e. The van der Waals surface area contributed by atoms with Gasteiger partial charge in [0, 0.05) is 8.07 Å². The maximum atomic E-state index is 2.57. The van der Waals surface area contributed by atoms with Crippen molar-refractivity contribution in [3.63, 3.8) is 0 Å². The van der Waals surface area contributed by atoms with E-state index in [1.54, 1.807) is 10.4 Å². The summed E-state index contributed by atoms with van der Waals surface area (Å²) in [7, 11) is -2.76.